The molecule has 0 amide bonds. The van der Waals surface area contributed by atoms with E-state index in [-0.39, 0.29) is 5.54 Å². The highest BCUT2D eigenvalue weighted by Crippen LogP contribution is 2.45. The van der Waals surface area contributed by atoms with Gasteiger partial charge in [-0.3, -0.25) is 0 Å². The van der Waals surface area contributed by atoms with Crippen LogP contribution in [0.3, 0.4) is 0 Å². The number of ether oxygens (including phenoxy) is 1. The van der Waals surface area contributed by atoms with Crippen molar-refractivity contribution < 1.29 is 9.53 Å². The zero-order valence-electron chi connectivity index (χ0n) is 9.62. The molecule has 1 aliphatic rings. The summed E-state index contributed by atoms with van der Waals surface area (Å²) in [5, 5.41) is 0. The first kappa shape index (κ1) is 10.9. The zero-order valence-corrected chi connectivity index (χ0v) is 9.62. The molecule has 0 aromatic heterocycles. The SMILES string of the molecule is COc1cc(C)cc(C2(N=C=O)CCC2)c1. The number of hydrogen-bond acceptors (Lipinski definition) is 3. The van der Waals surface area contributed by atoms with Crippen molar-refractivity contribution in [3.63, 3.8) is 0 Å². The predicted octanol–water partition coefficient (Wildman–Crippen LogP) is 2.72. The lowest BCUT2D eigenvalue weighted by atomic mass is 9.72. The van der Waals surface area contributed by atoms with E-state index in [0.29, 0.717) is 0 Å². The minimum Gasteiger partial charge on any atom is -0.497 e. The normalized spacial score (nSPS) is 17.1. The summed E-state index contributed by atoms with van der Waals surface area (Å²) in [5.41, 5.74) is 1.86. The molecule has 1 saturated carbocycles. The van der Waals surface area contributed by atoms with Gasteiger partial charge in [-0.05, 0) is 49.4 Å². The summed E-state index contributed by atoms with van der Waals surface area (Å²) in [6.07, 6.45) is 4.66. The standard InChI is InChI=1S/C13H15NO2/c1-10-6-11(8-12(7-10)16-2)13(14-9-15)4-3-5-13/h6-8H,3-5H2,1-2H3. The number of aryl methyl sites for hydroxylation is 1. The summed E-state index contributed by atoms with van der Waals surface area (Å²) >= 11 is 0. The number of hydrogen-bond donors (Lipinski definition) is 0. The summed E-state index contributed by atoms with van der Waals surface area (Å²) in [4.78, 5) is 14.5. The van der Waals surface area contributed by atoms with Crippen LogP contribution in [0.1, 0.15) is 30.4 Å². The van der Waals surface area contributed by atoms with Gasteiger partial charge in [0.25, 0.3) is 0 Å². The topological polar surface area (TPSA) is 38.7 Å². The van der Waals surface area contributed by atoms with Crippen LogP contribution in [-0.2, 0) is 10.3 Å². The maximum absolute atomic E-state index is 10.5. The molecule has 1 aliphatic carbocycles. The average Bonchev–Trinajstić information content (AvgIpc) is 2.22. The minimum atomic E-state index is -0.332. The third-order valence-corrected chi connectivity index (χ3v) is 3.26. The first-order chi connectivity index (χ1) is 7.70. The Morgan fingerprint density at radius 3 is 2.62 bits per heavy atom. The van der Waals surface area contributed by atoms with Crippen LogP contribution in [0.15, 0.2) is 23.2 Å². The Morgan fingerprint density at radius 2 is 2.12 bits per heavy atom. The molecule has 0 unspecified atom stereocenters. The lowest BCUT2D eigenvalue weighted by molar-refractivity contribution is 0.255. The van der Waals surface area contributed by atoms with Crippen LogP contribution < -0.4 is 4.74 Å². The van der Waals surface area contributed by atoms with Crippen molar-refractivity contribution in [1.82, 2.24) is 0 Å². The molecule has 1 aromatic rings. The van der Waals surface area contributed by atoms with Gasteiger partial charge in [0.05, 0.1) is 12.6 Å². The molecule has 0 spiro atoms. The van der Waals surface area contributed by atoms with Crippen molar-refractivity contribution in [2.75, 3.05) is 7.11 Å². The molecule has 16 heavy (non-hydrogen) atoms. The van der Waals surface area contributed by atoms with Crippen LogP contribution in [0.25, 0.3) is 0 Å². The predicted molar refractivity (Wildman–Crippen MR) is 61.4 cm³/mol. The van der Waals surface area contributed by atoms with E-state index < -0.39 is 0 Å². The lowest BCUT2D eigenvalue weighted by Gasteiger charge is -2.37. The fraction of sp³-hybridized carbons (Fsp3) is 0.462. The average molecular weight is 217 g/mol. The largest absolute Gasteiger partial charge is 0.497 e. The molecule has 2 rings (SSSR count). The molecule has 1 aromatic carbocycles. The van der Waals surface area contributed by atoms with E-state index in [4.69, 9.17) is 4.74 Å². The van der Waals surface area contributed by atoms with Gasteiger partial charge in [0.2, 0.25) is 6.08 Å². The molecular formula is C13H15NO2. The second-order valence-electron chi connectivity index (χ2n) is 4.33. The summed E-state index contributed by atoms with van der Waals surface area (Å²) in [5.74, 6) is 0.822. The van der Waals surface area contributed by atoms with E-state index in [1.54, 1.807) is 13.2 Å². The first-order valence-corrected chi connectivity index (χ1v) is 5.45. The van der Waals surface area contributed by atoms with Crippen LogP contribution in [-0.4, -0.2) is 13.2 Å². The molecule has 0 radical (unpaired) electrons. The third-order valence-electron chi connectivity index (χ3n) is 3.26. The minimum absolute atomic E-state index is 0.332. The smallest absolute Gasteiger partial charge is 0.235 e. The van der Waals surface area contributed by atoms with Crippen LogP contribution in [0, 0.1) is 6.92 Å². The number of benzene rings is 1. The second-order valence-corrected chi connectivity index (χ2v) is 4.33. The molecule has 3 heteroatoms. The molecule has 84 valence electrons. The van der Waals surface area contributed by atoms with Crippen molar-refractivity contribution >= 4 is 6.08 Å². The van der Waals surface area contributed by atoms with Crippen molar-refractivity contribution in [2.24, 2.45) is 4.99 Å². The molecule has 0 N–H and O–H groups in total. The molecular weight excluding hydrogens is 202 g/mol. The van der Waals surface area contributed by atoms with Gasteiger partial charge >= 0.3 is 0 Å². The Hall–Kier alpha value is -1.60. The van der Waals surface area contributed by atoms with Gasteiger partial charge in [0.15, 0.2) is 0 Å². The lowest BCUT2D eigenvalue weighted by Crippen LogP contribution is -2.31. The summed E-state index contributed by atoms with van der Waals surface area (Å²) in [6, 6.07) is 6.01. The van der Waals surface area contributed by atoms with Gasteiger partial charge < -0.3 is 4.74 Å². The van der Waals surface area contributed by atoms with Gasteiger partial charge in [-0.15, -0.1) is 0 Å². The molecule has 0 bridgehead atoms. The Bertz CT molecular complexity index is 443. The van der Waals surface area contributed by atoms with E-state index in [0.717, 1.165) is 36.1 Å². The van der Waals surface area contributed by atoms with E-state index in [2.05, 4.69) is 11.1 Å². The fourth-order valence-electron chi connectivity index (χ4n) is 2.20. The quantitative estimate of drug-likeness (QED) is 0.576. The van der Waals surface area contributed by atoms with Gasteiger partial charge in [-0.2, -0.15) is 4.99 Å². The van der Waals surface area contributed by atoms with Crippen molar-refractivity contribution in [3.8, 4) is 5.75 Å². The Labute approximate surface area is 95.2 Å². The van der Waals surface area contributed by atoms with Crippen LogP contribution in [0.2, 0.25) is 0 Å². The maximum Gasteiger partial charge on any atom is 0.235 e. The van der Waals surface area contributed by atoms with Crippen LogP contribution >= 0.6 is 0 Å². The summed E-state index contributed by atoms with van der Waals surface area (Å²) in [6.45, 7) is 2.02. The first-order valence-electron chi connectivity index (χ1n) is 5.45. The highest BCUT2D eigenvalue weighted by molar-refractivity contribution is 5.43. The van der Waals surface area contributed by atoms with E-state index in [1.807, 2.05) is 19.1 Å². The Kier molecular flexibility index (Phi) is 2.80. The van der Waals surface area contributed by atoms with Gasteiger partial charge in [0, 0.05) is 0 Å². The zero-order chi connectivity index (χ0) is 11.6. The van der Waals surface area contributed by atoms with Gasteiger partial charge in [-0.25, -0.2) is 4.79 Å². The second kappa shape index (κ2) is 4.11. The van der Waals surface area contributed by atoms with Crippen molar-refractivity contribution in [1.29, 1.82) is 0 Å². The number of nitrogens with zero attached hydrogens (tertiary/aromatic N) is 1. The highest BCUT2D eigenvalue weighted by atomic mass is 16.5. The van der Waals surface area contributed by atoms with Gasteiger partial charge in [0.1, 0.15) is 5.75 Å². The fourth-order valence-corrected chi connectivity index (χ4v) is 2.20. The van der Waals surface area contributed by atoms with Crippen molar-refractivity contribution in [2.45, 2.75) is 31.7 Å². The van der Waals surface area contributed by atoms with Crippen LogP contribution in [0.4, 0.5) is 0 Å². The molecule has 0 atom stereocenters. The van der Waals surface area contributed by atoms with Gasteiger partial charge in [-0.1, -0.05) is 6.07 Å². The summed E-state index contributed by atoms with van der Waals surface area (Å²) in [7, 11) is 1.65. The van der Waals surface area contributed by atoms with Crippen LogP contribution in [0.5, 0.6) is 5.75 Å². The van der Waals surface area contributed by atoms with E-state index in [1.165, 1.54) is 0 Å². The molecule has 0 heterocycles. The summed E-state index contributed by atoms with van der Waals surface area (Å²) < 4.78 is 5.24. The Balaban J connectivity index is 2.45. The number of aliphatic imine (C=N–C) groups is 1. The Morgan fingerprint density at radius 1 is 1.38 bits per heavy atom. The van der Waals surface area contributed by atoms with Crippen molar-refractivity contribution in [3.05, 3.63) is 29.3 Å². The molecule has 1 fully saturated rings. The maximum atomic E-state index is 10.5. The van der Waals surface area contributed by atoms with E-state index in [9.17, 15) is 4.79 Å². The van der Waals surface area contributed by atoms with E-state index >= 15 is 0 Å². The molecule has 0 saturated heterocycles. The number of carbonyl (C=O) groups excluding carboxylic acids is 1. The monoisotopic (exact) mass is 217 g/mol. The molecule has 3 nitrogen and oxygen atoms in total. The highest BCUT2D eigenvalue weighted by Gasteiger charge is 2.39. The molecule has 0 aliphatic heterocycles. The number of methoxy groups -OCH3 is 1. The third kappa shape index (κ3) is 1.74. The number of isocyanates is 1. The number of rotatable bonds is 3.